The molecular formula is C12H16N2O3. The van der Waals surface area contributed by atoms with E-state index in [-0.39, 0.29) is 23.8 Å². The Morgan fingerprint density at radius 1 is 1.47 bits per heavy atom. The second-order valence-corrected chi connectivity index (χ2v) is 4.53. The van der Waals surface area contributed by atoms with Gasteiger partial charge in [-0.15, -0.1) is 0 Å². The molecule has 0 spiro atoms. The number of nitrogens with two attached hydrogens (primary N) is 1. The maximum atomic E-state index is 11.8. The van der Waals surface area contributed by atoms with E-state index in [4.69, 9.17) is 5.73 Å². The summed E-state index contributed by atoms with van der Waals surface area (Å²) in [4.78, 5) is 11.8. The van der Waals surface area contributed by atoms with E-state index in [1.807, 2.05) is 0 Å². The number of nitrogens with one attached hydrogen (secondary N) is 1. The van der Waals surface area contributed by atoms with Crippen molar-refractivity contribution in [3.63, 3.8) is 0 Å². The first-order chi connectivity index (χ1) is 8.00. The SMILES string of the molecule is Nc1ccc(O)cc1C(=O)NCC1(O)CCC1. The quantitative estimate of drug-likeness (QED) is 0.457. The van der Waals surface area contributed by atoms with Crippen molar-refractivity contribution >= 4 is 11.6 Å². The molecule has 0 aliphatic heterocycles. The van der Waals surface area contributed by atoms with Crippen LogP contribution in [0.25, 0.3) is 0 Å². The Balaban J connectivity index is 2.01. The van der Waals surface area contributed by atoms with Crippen LogP contribution in [0, 0.1) is 0 Å². The Kier molecular flexibility index (Phi) is 2.93. The third-order valence-electron chi connectivity index (χ3n) is 3.14. The third kappa shape index (κ3) is 2.50. The largest absolute Gasteiger partial charge is 0.508 e. The molecule has 1 aliphatic rings. The highest BCUT2D eigenvalue weighted by atomic mass is 16.3. The third-order valence-corrected chi connectivity index (χ3v) is 3.14. The lowest BCUT2D eigenvalue weighted by atomic mass is 9.80. The van der Waals surface area contributed by atoms with Gasteiger partial charge >= 0.3 is 0 Å². The van der Waals surface area contributed by atoms with E-state index in [0.717, 1.165) is 6.42 Å². The van der Waals surface area contributed by atoms with Crippen LogP contribution in [0.15, 0.2) is 18.2 Å². The van der Waals surface area contributed by atoms with Crippen molar-refractivity contribution in [2.24, 2.45) is 0 Å². The Hall–Kier alpha value is -1.75. The molecule has 0 radical (unpaired) electrons. The summed E-state index contributed by atoms with van der Waals surface area (Å²) in [6.07, 6.45) is 2.41. The van der Waals surface area contributed by atoms with Gasteiger partial charge in [0.1, 0.15) is 5.75 Å². The van der Waals surface area contributed by atoms with E-state index in [1.54, 1.807) is 0 Å². The summed E-state index contributed by atoms with van der Waals surface area (Å²) in [7, 11) is 0. The number of benzene rings is 1. The summed E-state index contributed by atoms with van der Waals surface area (Å²) in [6, 6.07) is 4.21. The second kappa shape index (κ2) is 4.25. The Morgan fingerprint density at radius 2 is 2.18 bits per heavy atom. The van der Waals surface area contributed by atoms with E-state index >= 15 is 0 Å². The number of phenolic OH excluding ortho intramolecular Hbond substituents is 1. The van der Waals surface area contributed by atoms with Crippen molar-refractivity contribution in [3.05, 3.63) is 23.8 Å². The highest BCUT2D eigenvalue weighted by Crippen LogP contribution is 2.30. The van der Waals surface area contributed by atoms with Gasteiger partial charge < -0.3 is 21.3 Å². The van der Waals surface area contributed by atoms with Gasteiger partial charge in [-0.3, -0.25) is 4.79 Å². The summed E-state index contributed by atoms with van der Waals surface area (Å²) >= 11 is 0. The first-order valence-electron chi connectivity index (χ1n) is 5.59. The predicted molar refractivity (Wildman–Crippen MR) is 63.7 cm³/mol. The van der Waals surface area contributed by atoms with Gasteiger partial charge in [0, 0.05) is 12.2 Å². The van der Waals surface area contributed by atoms with Crippen molar-refractivity contribution in [3.8, 4) is 5.75 Å². The van der Waals surface area contributed by atoms with Gasteiger partial charge in [-0.1, -0.05) is 0 Å². The molecule has 5 N–H and O–H groups in total. The zero-order valence-electron chi connectivity index (χ0n) is 9.44. The van der Waals surface area contributed by atoms with Crippen LogP contribution in [0.3, 0.4) is 0 Å². The molecule has 17 heavy (non-hydrogen) atoms. The van der Waals surface area contributed by atoms with Gasteiger partial charge in [-0.05, 0) is 37.5 Å². The van der Waals surface area contributed by atoms with Crippen molar-refractivity contribution < 1.29 is 15.0 Å². The van der Waals surface area contributed by atoms with E-state index in [0.29, 0.717) is 18.5 Å². The summed E-state index contributed by atoms with van der Waals surface area (Å²) in [6.45, 7) is 0.223. The van der Waals surface area contributed by atoms with E-state index < -0.39 is 5.60 Å². The summed E-state index contributed by atoms with van der Waals surface area (Å²) in [5, 5.41) is 21.8. The van der Waals surface area contributed by atoms with Crippen LogP contribution >= 0.6 is 0 Å². The fourth-order valence-corrected chi connectivity index (χ4v) is 1.84. The molecule has 0 unspecified atom stereocenters. The first-order valence-corrected chi connectivity index (χ1v) is 5.59. The van der Waals surface area contributed by atoms with Crippen LogP contribution in [0.5, 0.6) is 5.75 Å². The average Bonchev–Trinajstić information content (AvgIpc) is 2.26. The molecule has 0 saturated heterocycles. The second-order valence-electron chi connectivity index (χ2n) is 4.53. The zero-order chi connectivity index (χ0) is 12.5. The number of nitrogen functional groups attached to an aromatic ring is 1. The first kappa shape index (κ1) is 11.7. The molecule has 0 aromatic heterocycles. The average molecular weight is 236 g/mol. The van der Waals surface area contributed by atoms with Crippen molar-refractivity contribution in [1.82, 2.24) is 5.32 Å². The van der Waals surface area contributed by atoms with Gasteiger partial charge in [0.2, 0.25) is 0 Å². The topological polar surface area (TPSA) is 95.6 Å². The highest BCUT2D eigenvalue weighted by molar-refractivity contribution is 5.99. The smallest absolute Gasteiger partial charge is 0.253 e. The van der Waals surface area contributed by atoms with Crippen molar-refractivity contribution in [2.45, 2.75) is 24.9 Å². The van der Waals surface area contributed by atoms with Crippen LogP contribution in [0.2, 0.25) is 0 Å². The van der Waals surface area contributed by atoms with Gasteiger partial charge in [0.25, 0.3) is 5.91 Å². The summed E-state index contributed by atoms with van der Waals surface area (Å²) in [5.74, 6) is -0.384. The molecular weight excluding hydrogens is 220 g/mol. The number of phenols is 1. The van der Waals surface area contributed by atoms with Gasteiger partial charge in [-0.2, -0.15) is 0 Å². The van der Waals surface area contributed by atoms with E-state index in [2.05, 4.69) is 5.32 Å². The lowest BCUT2D eigenvalue weighted by Crippen LogP contribution is -2.47. The number of anilines is 1. The monoisotopic (exact) mass is 236 g/mol. The standard InChI is InChI=1S/C12H16N2O3/c13-10-3-2-8(15)6-9(10)11(16)14-7-12(17)4-1-5-12/h2-3,6,15,17H,1,4-5,7,13H2,(H,14,16). The fourth-order valence-electron chi connectivity index (χ4n) is 1.84. The van der Waals surface area contributed by atoms with Gasteiger partial charge in [-0.25, -0.2) is 0 Å². The number of amides is 1. The van der Waals surface area contributed by atoms with E-state index in [9.17, 15) is 15.0 Å². The highest BCUT2D eigenvalue weighted by Gasteiger charge is 2.34. The Morgan fingerprint density at radius 3 is 2.76 bits per heavy atom. The van der Waals surface area contributed by atoms with Gasteiger partial charge in [0.05, 0.1) is 11.2 Å². The molecule has 1 saturated carbocycles. The number of aliphatic hydroxyl groups is 1. The molecule has 5 heteroatoms. The predicted octanol–water partition coefficient (Wildman–Crippen LogP) is 0.619. The maximum absolute atomic E-state index is 11.8. The van der Waals surface area contributed by atoms with Crippen molar-refractivity contribution in [1.29, 1.82) is 0 Å². The number of hydrogen-bond acceptors (Lipinski definition) is 4. The normalized spacial score (nSPS) is 17.2. The molecule has 0 bridgehead atoms. The van der Waals surface area contributed by atoms with Crippen LogP contribution in [0.1, 0.15) is 29.6 Å². The molecule has 1 aromatic carbocycles. The number of carbonyl (C=O) groups is 1. The van der Waals surface area contributed by atoms with Crippen LogP contribution in [-0.2, 0) is 0 Å². The molecule has 5 nitrogen and oxygen atoms in total. The zero-order valence-corrected chi connectivity index (χ0v) is 9.44. The maximum Gasteiger partial charge on any atom is 0.253 e. The Labute approximate surface area is 99.3 Å². The summed E-state index contributed by atoms with van der Waals surface area (Å²) < 4.78 is 0. The lowest BCUT2D eigenvalue weighted by Gasteiger charge is -2.36. The fraction of sp³-hybridized carbons (Fsp3) is 0.417. The number of hydrogen-bond donors (Lipinski definition) is 4. The minimum Gasteiger partial charge on any atom is -0.508 e. The van der Waals surface area contributed by atoms with Crippen LogP contribution in [0.4, 0.5) is 5.69 Å². The number of aromatic hydroxyl groups is 1. The minimum absolute atomic E-state index is 0.00768. The summed E-state index contributed by atoms with van der Waals surface area (Å²) in [5.41, 5.74) is 5.42. The number of rotatable bonds is 3. The molecule has 92 valence electrons. The lowest BCUT2D eigenvalue weighted by molar-refractivity contribution is -0.0300. The van der Waals surface area contributed by atoms with Crippen molar-refractivity contribution in [2.75, 3.05) is 12.3 Å². The molecule has 1 fully saturated rings. The molecule has 2 rings (SSSR count). The molecule has 1 aromatic rings. The van der Waals surface area contributed by atoms with Crippen LogP contribution in [-0.4, -0.2) is 28.3 Å². The Bertz CT molecular complexity index is 441. The van der Waals surface area contributed by atoms with Gasteiger partial charge in [0.15, 0.2) is 0 Å². The number of carbonyl (C=O) groups excluding carboxylic acids is 1. The van der Waals surface area contributed by atoms with Crippen LogP contribution < -0.4 is 11.1 Å². The molecule has 1 amide bonds. The molecule has 1 aliphatic carbocycles. The molecule has 0 heterocycles. The van der Waals surface area contributed by atoms with E-state index in [1.165, 1.54) is 18.2 Å². The minimum atomic E-state index is -0.763. The molecule has 0 atom stereocenters.